The number of rotatable bonds is 26. The van der Waals surface area contributed by atoms with Crippen LogP contribution < -0.4 is 16.4 Å². The standard InChI is InChI=1S/C29H33N3O3.C28H38BNO5.C9H14O3.2C7H7ClN2.C7H10N2O.C7H8N2O.C5H9IO2.C4H5ClO.C2H4O2.Br2.Cl3OP.H2N2.H2O.H2/c1-20(21-9-11-22(12-10-21)25-15-16-26(31-30-25)23-13-14-23)32-18-17-29(35-27(32)33,19-28(2,3)34)24-7-5-4-6-8-24;1-20(21-13-15-23(16-14-21)29-34-26(4,5)27(6,7)35-29)30-18-17-28(33-24(30)31,19-25(2,3)32)22-11-9-8-10-12-22;1-2-12-9(11)6-5-8(10)7-3-4-7;2*8-7-4-3-6(9-10-7)5-1-2-5;2*10-7-4-3-6(8-9-7)5-1-2-5;1-2-8-5(7)3-4-6;5-4(6)3-1-2-3;1-2(3)4;1-2;1-5(2,3)4;1-2;;/h4-12,15-16,20,23,34H,13-14,17-19H2,1-3H3;8-16,20,32H,17-19H2,1-7H3;7H,2-6H2,1H3;2*3-5H,1-2H2;5H,1-4H2,(H,9,10);3-5H,1-2H2,(H,9,10);2-4H2,1H3;3H,1-2H2;1H3,(H,3,4);;;1-2H;1H2;1H/t20-,29-;20-,28-;;;;;;;;;;;;;/m00............./s1. The van der Waals surface area contributed by atoms with Crippen LogP contribution in [0.2, 0.25) is 10.3 Å². The Morgan fingerprint density at radius 1 is 0.553 bits per heavy atom. The number of hydrazone groups is 1. The fourth-order valence-electron chi connectivity index (χ4n) is 15.8. The average Bonchev–Trinajstić information content (AvgIpc) is 1.10. The molecule has 0 bridgehead atoms. The van der Waals surface area contributed by atoms with Gasteiger partial charge in [0.05, 0.1) is 89.0 Å². The SMILES string of the molecule is BrBr.CC(=O)O.CCOC(=O)CCC(=O)C1CC1.CCOC(=O)CCI.C[C@@H](c1ccc(-c2ccc(C3CC3)nn2)cc1)N1CC[C@](CC(C)(C)O)(c2ccccc2)OC1=O.C[C@@H](c1ccc(B2OC(C)(C)C(C)(C)O2)cc1)N1CC[C@](CC(C)(C)O)(c2ccccc2)OC1=O.Clc1ccc(C2CC2)nn1.Clc1ccc(C2CC2)nn1.N=N.O.O=C(Cl)C1CC1.O=C1CCC(C2CC2)=NN1.O=P(Cl)(Cl)Cl.O=c1ccc(C2CC2)n[nH]1.[HH]. The highest BCUT2D eigenvalue weighted by Crippen LogP contribution is 2.61. The van der Waals surface area contributed by atoms with Crippen molar-refractivity contribution in [3.05, 3.63) is 223 Å². The molecule has 7 saturated carbocycles. The Morgan fingerprint density at radius 2 is 0.933 bits per heavy atom. The van der Waals surface area contributed by atoms with E-state index in [0.717, 1.165) is 105 Å². The van der Waals surface area contributed by atoms with Gasteiger partial charge in [-0.05, 0) is 301 Å². The second-order valence-electron chi connectivity index (χ2n) is 39.6. The molecule has 11 aliphatic rings. The van der Waals surface area contributed by atoms with Crippen molar-refractivity contribution in [2.45, 2.75) is 307 Å². The minimum atomic E-state index is -3.22. The fourth-order valence-corrected chi connectivity index (χ4v) is 16.6. The van der Waals surface area contributed by atoms with E-state index < -0.39 is 51.9 Å². The van der Waals surface area contributed by atoms with Crippen molar-refractivity contribution in [2.24, 2.45) is 22.9 Å². The van der Waals surface area contributed by atoms with Gasteiger partial charge in [0.2, 0.25) is 11.1 Å². The van der Waals surface area contributed by atoms with Crippen LogP contribution in [-0.2, 0) is 72.8 Å². The van der Waals surface area contributed by atoms with Gasteiger partial charge in [-0.15, -0.1) is 10.2 Å². The quantitative estimate of drug-likeness (QED) is 0.00387. The van der Waals surface area contributed by atoms with Gasteiger partial charge in [-0.25, -0.2) is 31.2 Å². The number of cyclic esters (lactones) is 2. The zero-order valence-electron chi connectivity index (χ0n) is 86.8. The number of carboxylic acid groups (broad SMARTS) is 1. The van der Waals surface area contributed by atoms with E-state index >= 15 is 0 Å². The predicted octanol–water partition coefficient (Wildman–Crippen LogP) is 24.7. The molecule has 9 N–H and O–H groups in total. The number of aromatic nitrogens is 8. The number of halogens is 9. The van der Waals surface area contributed by atoms with Crippen LogP contribution in [0.15, 0.2) is 168 Å². The second-order valence-corrected chi connectivity index (χ2v) is 48.5. The third-order valence-corrected chi connectivity index (χ3v) is 26.5. The molecule has 0 unspecified atom stereocenters. The van der Waals surface area contributed by atoms with E-state index in [1.807, 2.05) is 176 Å². The van der Waals surface area contributed by atoms with Crippen molar-refractivity contribution in [3.8, 4) is 11.3 Å². The van der Waals surface area contributed by atoms with E-state index in [1.165, 1.54) is 76.0 Å². The second kappa shape index (κ2) is 62.9. The zero-order valence-corrected chi connectivity index (χ0v) is 97.5. The van der Waals surface area contributed by atoms with E-state index in [0.29, 0.717) is 111 Å². The molecule has 4 aromatic carbocycles. The third-order valence-electron chi connectivity index (χ3n) is 25.2. The molecule has 822 valence electrons. The molecule has 0 spiro atoms. The molecule has 10 fully saturated rings. The zero-order chi connectivity index (χ0) is 110. The topological polar surface area (TPSA) is 503 Å². The van der Waals surface area contributed by atoms with Gasteiger partial charge in [0.1, 0.15) is 17.0 Å². The Hall–Kier alpha value is -8.45. The van der Waals surface area contributed by atoms with E-state index in [9.17, 15) is 53.1 Å². The van der Waals surface area contributed by atoms with E-state index in [-0.39, 0.29) is 83.9 Å². The van der Waals surface area contributed by atoms with Gasteiger partial charge < -0.3 is 58.9 Å². The van der Waals surface area contributed by atoms with Crippen LogP contribution >= 0.6 is 125 Å². The van der Waals surface area contributed by atoms with Gasteiger partial charge in [-0.3, -0.25) is 38.1 Å². The number of aliphatic carboxylic acids is 1. The molecule has 45 heteroatoms. The lowest BCUT2D eigenvalue weighted by atomic mass is 9.78. The number of benzene rings is 4. The third kappa shape index (κ3) is 47.5. The number of carbonyl (C=O) groups is 8. The number of esters is 2. The van der Waals surface area contributed by atoms with E-state index in [4.69, 9.17) is 79.3 Å². The number of ether oxygens (including phenoxy) is 4. The van der Waals surface area contributed by atoms with Crippen LogP contribution in [-0.4, -0.2) is 184 Å². The molecule has 4 atom stereocenters. The summed E-state index contributed by atoms with van der Waals surface area (Å²) < 4.78 is 44.3. The Morgan fingerprint density at radius 3 is 1.25 bits per heavy atom. The van der Waals surface area contributed by atoms with Gasteiger partial charge in [-0.2, -0.15) is 30.6 Å². The summed E-state index contributed by atoms with van der Waals surface area (Å²) in [6.07, 6.45) is 20.3. The maximum atomic E-state index is 13.3. The first-order chi connectivity index (χ1) is 70.5. The molecular weight excluding hydrogens is 2320 g/mol. The maximum Gasteiger partial charge on any atom is 0.494 e. The molecule has 4 aliphatic heterocycles. The summed E-state index contributed by atoms with van der Waals surface area (Å²) in [7, 11) is -0.419. The van der Waals surface area contributed by atoms with Crippen LogP contribution in [0.5, 0.6) is 0 Å². The number of carboxylic acids is 1. The van der Waals surface area contributed by atoms with Crippen molar-refractivity contribution in [2.75, 3.05) is 30.7 Å². The number of nitrogens with one attached hydrogen (secondary N) is 4. The normalized spacial score (nSPS) is 19.2. The van der Waals surface area contributed by atoms with E-state index in [2.05, 4.69) is 147 Å². The van der Waals surface area contributed by atoms with E-state index in [1.54, 1.807) is 62.6 Å². The van der Waals surface area contributed by atoms with Gasteiger partial charge in [0.15, 0.2) is 10.3 Å². The molecule has 8 heterocycles. The molecule has 3 amide bonds. The van der Waals surface area contributed by atoms with Gasteiger partial charge in [0.25, 0.3) is 11.5 Å². The number of hydrogen-bond donors (Lipinski definition) is 7. The lowest BCUT2D eigenvalue weighted by Gasteiger charge is -2.45. The Balaban J connectivity index is 0.000000314. The molecule has 8 aromatic rings. The monoisotopic (exact) mass is 2450 g/mol. The van der Waals surface area contributed by atoms with Crippen molar-refractivity contribution in [1.29, 1.82) is 11.1 Å². The van der Waals surface area contributed by atoms with Gasteiger partial charge in [0, 0.05) is 145 Å². The maximum absolute atomic E-state index is 13.3. The summed E-state index contributed by atoms with van der Waals surface area (Å²) in [4.78, 5) is 103. The van der Waals surface area contributed by atoms with Crippen LogP contribution in [0.3, 0.4) is 0 Å². The summed E-state index contributed by atoms with van der Waals surface area (Å²) in [6, 6.07) is 50.3. The van der Waals surface area contributed by atoms with Gasteiger partial charge >= 0.3 is 36.4 Å². The molecule has 4 aromatic heterocycles. The number of ketones is 1. The first kappa shape index (κ1) is 130. The first-order valence-electron chi connectivity index (χ1n) is 49.7. The fraction of sp³-hybridized carbons (Fsp3) is 0.533. The predicted molar refractivity (Wildman–Crippen MR) is 599 cm³/mol. The highest BCUT2D eigenvalue weighted by molar-refractivity contribution is 14.1. The first-order valence-corrected chi connectivity index (χ1v) is 60.5. The molecule has 19 rings (SSSR count). The smallest absolute Gasteiger partial charge is 0.481 e. The van der Waals surface area contributed by atoms with Crippen LogP contribution in [0.4, 0.5) is 9.59 Å². The Kier molecular flexibility index (Phi) is 54.6. The van der Waals surface area contributed by atoms with Crippen LogP contribution in [0, 0.1) is 28.8 Å². The highest BCUT2D eigenvalue weighted by Gasteiger charge is 2.53. The summed E-state index contributed by atoms with van der Waals surface area (Å²) in [6.45, 7) is 25.8. The summed E-state index contributed by atoms with van der Waals surface area (Å²) in [5, 5.41) is 60.7. The lowest BCUT2D eigenvalue weighted by Crippen LogP contribution is -2.51. The molecule has 7 aliphatic carbocycles. The van der Waals surface area contributed by atoms with Crippen molar-refractivity contribution >= 4 is 190 Å². The average molecular weight is 2460 g/mol. The van der Waals surface area contributed by atoms with Crippen molar-refractivity contribution in [1.82, 2.24) is 56.0 Å². The molecular formula is C105H141BBr2Cl6IN14O20P. The Bertz CT molecular complexity index is 5600. The summed E-state index contributed by atoms with van der Waals surface area (Å²) in [5.74, 6) is 2.85. The highest BCUT2D eigenvalue weighted by atomic mass is 127. The molecule has 0 radical (unpaired) electrons. The number of carbonyl (C=O) groups excluding carboxylic acids is 7. The Labute approximate surface area is 938 Å². The molecule has 3 saturated heterocycles. The number of amides is 3. The summed E-state index contributed by atoms with van der Waals surface area (Å²) >= 11 is 37.7. The minimum absolute atomic E-state index is 0. The number of nitrogens with zero attached hydrogens (tertiary/aromatic N) is 10. The number of Topliss-reactive ketones (excluding diaryl/α,β-unsaturated/α-hetero) is 1. The number of aliphatic hydroxyl groups is 2. The largest absolute Gasteiger partial charge is 0.494 e. The number of hydrogen-bond acceptors (Lipinski definition) is 28. The van der Waals surface area contributed by atoms with Crippen LogP contribution in [0.1, 0.15) is 320 Å². The van der Waals surface area contributed by atoms with Crippen molar-refractivity contribution in [3.63, 3.8) is 0 Å². The summed E-state index contributed by atoms with van der Waals surface area (Å²) in [5.41, 5.74) is 20.1. The van der Waals surface area contributed by atoms with Crippen LogP contribution in [0.25, 0.3) is 11.3 Å². The van der Waals surface area contributed by atoms with Crippen molar-refractivity contribution < 1.29 is 93.4 Å². The number of aromatic amines is 1. The lowest BCUT2D eigenvalue weighted by molar-refractivity contribution is -0.144. The minimum Gasteiger partial charge on any atom is -0.481 e. The molecule has 150 heavy (non-hydrogen) atoms. The van der Waals surface area contributed by atoms with Gasteiger partial charge in [-0.1, -0.05) is 155 Å². The number of H-pyrrole nitrogens is 1. The molecule has 34 nitrogen and oxygen atoms in total. The number of alkyl halides is 1.